The number of benzene rings is 3. The molecule has 2 heterocycles. The van der Waals surface area contributed by atoms with Gasteiger partial charge in [-0.15, -0.1) is 0 Å². The smallest absolute Gasteiger partial charge is 0.227 e. The molecule has 0 radical (unpaired) electrons. The summed E-state index contributed by atoms with van der Waals surface area (Å²) in [5.41, 5.74) is 5.54. The third-order valence-corrected chi connectivity index (χ3v) is 7.67. The van der Waals surface area contributed by atoms with E-state index < -0.39 is 0 Å². The number of hydrogen-bond donors (Lipinski definition) is 0. The van der Waals surface area contributed by atoms with Crippen LogP contribution in [0.2, 0.25) is 0 Å². The van der Waals surface area contributed by atoms with E-state index >= 15 is 0 Å². The Bertz CT molecular complexity index is 1390. The predicted octanol–water partition coefficient (Wildman–Crippen LogP) is 7.61. The number of carbonyl (C=O) groups excluding carboxylic acids is 1. The van der Waals surface area contributed by atoms with Crippen molar-refractivity contribution >= 4 is 38.6 Å². The molecule has 37 heavy (non-hydrogen) atoms. The van der Waals surface area contributed by atoms with Gasteiger partial charge in [0, 0.05) is 35.6 Å². The Morgan fingerprint density at radius 3 is 2.62 bits per heavy atom. The summed E-state index contributed by atoms with van der Waals surface area (Å²) in [6.45, 7) is 8.70. The number of carbonyl (C=O) groups is 1. The van der Waals surface area contributed by atoms with E-state index in [4.69, 9.17) is 9.72 Å². The van der Waals surface area contributed by atoms with Crippen molar-refractivity contribution in [2.45, 2.75) is 58.4 Å². The summed E-state index contributed by atoms with van der Waals surface area (Å²) in [6, 6.07) is 22.7. The van der Waals surface area contributed by atoms with Gasteiger partial charge in [-0.1, -0.05) is 54.0 Å². The fourth-order valence-electron chi connectivity index (χ4n) is 5.19. The van der Waals surface area contributed by atoms with Crippen LogP contribution in [0.3, 0.4) is 0 Å². The molecule has 1 amide bonds. The molecule has 0 bridgehead atoms. The summed E-state index contributed by atoms with van der Waals surface area (Å²) in [7, 11) is 0. The Balaban J connectivity index is 1.28. The van der Waals surface area contributed by atoms with Crippen molar-refractivity contribution in [1.82, 2.24) is 9.55 Å². The molecule has 1 aliphatic rings. The average molecular weight is 561 g/mol. The van der Waals surface area contributed by atoms with Crippen LogP contribution < -0.4 is 9.64 Å². The summed E-state index contributed by atoms with van der Waals surface area (Å²) in [6.07, 6.45) is 2.41. The van der Waals surface area contributed by atoms with Gasteiger partial charge in [-0.05, 0) is 79.3 Å². The molecule has 5 rings (SSSR count). The quantitative estimate of drug-likeness (QED) is 0.198. The lowest BCUT2D eigenvalue weighted by atomic mass is 10.0. The highest BCUT2D eigenvalue weighted by Crippen LogP contribution is 2.34. The molecule has 0 spiro atoms. The highest BCUT2D eigenvalue weighted by atomic mass is 79.9. The number of para-hydroxylation sites is 2. The van der Waals surface area contributed by atoms with E-state index in [0.717, 1.165) is 52.2 Å². The number of amides is 1. The van der Waals surface area contributed by atoms with Gasteiger partial charge >= 0.3 is 0 Å². The lowest BCUT2D eigenvalue weighted by Crippen LogP contribution is -2.24. The maximum absolute atomic E-state index is 13.0. The van der Waals surface area contributed by atoms with E-state index in [9.17, 15) is 4.79 Å². The van der Waals surface area contributed by atoms with E-state index in [2.05, 4.69) is 77.7 Å². The second-order valence-electron chi connectivity index (χ2n) is 10.2. The van der Waals surface area contributed by atoms with Crippen LogP contribution in [0.15, 0.2) is 71.2 Å². The van der Waals surface area contributed by atoms with E-state index in [1.54, 1.807) is 0 Å². The van der Waals surface area contributed by atoms with Gasteiger partial charge in [-0.25, -0.2) is 4.98 Å². The standard InChI is InChI=1S/C31H34BrN3O2/c1-21(2)26-15-10-22(3)18-29(26)37-17-7-6-16-34-28-9-5-4-8-27(28)33-31(34)23-19-30(36)35(20-23)25-13-11-24(32)12-14-25/h4-5,8-15,18,21,23H,6-7,16-17,19-20H2,1-3H3. The molecule has 5 nitrogen and oxygen atoms in total. The largest absolute Gasteiger partial charge is 0.493 e. The third kappa shape index (κ3) is 5.59. The zero-order chi connectivity index (χ0) is 25.9. The maximum Gasteiger partial charge on any atom is 0.227 e. The summed E-state index contributed by atoms with van der Waals surface area (Å²) < 4.78 is 9.55. The highest BCUT2D eigenvalue weighted by Gasteiger charge is 2.34. The lowest BCUT2D eigenvalue weighted by Gasteiger charge is -2.18. The fourth-order valence-corrected chi connectivity index (χ4v) is 5.45. The molecule has 4 aromatic rings. The molecule has 192 valence electrons. The zero-order valence-electron chi connectivity index (χ0n) is 21.8. The molecule has 0 saturated carbocycles. The van der Waals surface area contributed by atoms with Crippen molar-refractivity contribution in [3.8, 4) is 5.75 Å². The highest BCUT2D eigenvalue weighted by molar-refractivity contribution is 9.10. The van der Waals surface area contributed by atoms with Gasteiger partial charge in [0.15, 0.2) is 0 Å². The minimum atomic E-state index is 0.0701. The Hall–Kier alpha value is -3.12. The number of nitrogens with zero attached hydrogens (tertiary/aromatic N) is 3. The van der Waals surface area contributed by atoms with Crippen molar-refractivity contribution in [2.24, 2.45) is 0 Å². The van der Waals surface area contributed by atoms with Gasteiger partial charge in [0.2, 0.25) is 5.91 Å². The van der Waals surface area contributed by atoms with Crippen LogP contribution >= 0.6 is 15.9 Å². The van der Waals surface area contributed by atoms with Gasteiger partial charge in [0.25, 0.3) is 0 Å². The first-order valence-electron chi connectivity index (χ1n) is 13.1. The number of ether oxygens (including phenoxy) is 1. The van der Waals surface area contributed by atoms with Gasteiger partial charge in [-0.3, -0.25) is 4.79 Å². The molecule has 1 fully saturated rings. The first-order valence-corrected chi connectivity index (χ1v) is 13.9. The normalized spacial score (nSPS) is 15.8. The van der Waals surface area contributed by atoms with E-state index in [1.165, 1.54) is 11.1 Å². The van der Waals surface area contributed by atoms with Gasteiger partial charge in [0.05, 0.1) is 17.6 Å². The van der Waals surface area contributed by atoms with Crippen molar-refractivity contribution in [2.75, 3.05) is 18.1 Å². The average Bonchev–Trinajstić information content (AvgIpc) is 3.44. The number of aromatic nitrogens is 2. The molecule has 1 atom stereocenters. The molecule has 6 heteroatoms. The van der Waals surface area contributed by atoms with Crippen LogP contribution in [0, 0.1) is 6.92 Å². The van der Waals surface area contributed by atoms with Gasteiger partial charge < -0.3 is 14.2 Å². The molecular weight excluding hydrogens is 526 g/mol. The summed E-state index contributed by atoms with van der Waals surface area (Å²) in [5, 5.41) is 0. The fraction of sp³-hybridized carbons (Fsp3) is 0.355. The molecule has 0 N–H and O–H groups in total. The lowest BCUT2D eigenvalue weighted by molar-refractivity contribution is -0.117. The number of hydrogen-bond acceptors (Lipinski definition) is 3. The van der Waals surface area contributed by atoms with Crippen LogP contribution in [-0.2, 0) is 11.3 Å². The number of aryl methyl sites for hydroxylation is 2. The third-order valence-electron chi connectivity index (χ3n) is 7.14. The van der Waals surface area contributed by atoms with Gasteiger partial charge in [-0.2, -0.15) is 0 Å². The van der Waals surface area contributed by atoms with Crippen LogP contribution in [0.4, 0.5) is 5.69 Å². The molecule has 1 aliphatic heterocycles. The number of imidazole rings is 1. The minimum Gasteiger partial charge on any atom is -0.493 e. The van der Waals surface area contributed by atoms with Crippen LogP contribution in [0.1, 0.15) is 61.9 Å². The maximum atomic E-state index is 13.0. The van der Waals surface area contributed by atoms with Crippen molar-refractivity contribution in [3.05, 3.63) is 88.2 Å². The van der Waals surface area contributed by atoms with Crippen molar-refractivity contribution in [3.63, 3.8) is 0 Å². The zero-order valence-corrected chi connectivity index (χ0v) is 23.4. The first-order chi connectivity index (χ1) is 17.9. The second-order valence-corrected chi connectivity index (χ2v) is 11.2. The number of anilines is 1. The molecule has 0 aliphatic carbocycles. The van der Waals surface area contributed by atoms with E-state index in [-0.39, 0.29) is 11.8 Å². The molecular formula is C31H34BrN3O2. The predicted molar refractivity (Wildman–Crippen MR) is 154 cm³/mol. The van der Waals surface area contributed by atoms with Gasteiger partial charge in [0.1, 0.15) is 11.6 Å². The van der Waals surface area contributed by atoms with Crippen molar-refractivity contribution in [1.29, 1.82) is 0 Å². The minimum absolute atomic E-state index is 0.0701. The summed E-state index contributed by atoms with van der Waals surface area (Å²) >= 11 is 3.48. The SMILES string of the molecule is Cc1ccc(C(C)C)c(OCCCCn2c(C3CC(=O)N(c4ccc(Br)cc4)C3)nc3ccccc32)c1. The van der Waals surface area contributed by atoms with Crippen LogP contribution in [-0.4, -0.2) is 28.6 Å². The monoisotopic (exact) mass is 559 g/mol. The molecule has 1 aromatic heterocycles. The Morgan fingerprint density at radius 2 is 1.84 bits per heavy atom. The van der Waals surface area contributed by atoms with Crippen LogP contribution in [0.25, 0.3) is 11.0 Å². The molecule has 1 unspecified atom stereocenters. The summed E-state index contributed by atoms with van der Waals surface area (Å²) in [5.74, 6) is 2.66. The number of rotatable bonds is 9. The second kappa shape index (κ2) is 11.1. The van der Waals surface area contributed by atoms with E-state index in [1.807, 2.05) is 35.2 Å². The van der Waals surface area contributed by atoms with E-state index in [0.29, 0.717) is 25.5 Å². The topological polar surface area (TPSA) is 47.4 Å². The Kier molecular flexibility index (Phi) is 7.65. The first kappa shape index (κ1) is 25.5. The summed E-state index contributed by atoms with van der Waals surface area (Å²) in [4.78, 5) is 19.9. The molecule has 1 saturated heterocycles. The number of halogens is 1. The Labute approximate surface area is 227 Å². The number of fused-ring (bicyclic) bond motifs is 1. The van der Waals surface area contributed by atoms with Crippen molar-refractivity contribution < 1.29 is 9.53 Å². The number of unbranched alkanes of at least 4 members (excludes halogenated alkanes) is 1. The molecule has 3 aromatic carbocycles. The van der Waals surface area contributed by atoms with Crippen LogP contribution in [0.5, 0.6) is 5.75 Å². The Morgan fingerprint density at radius 1 is 1.05 bits per heavy atom.